The summed E-state index contributed by atoms with van der Waals surface area (Å²) in [5, 5.41) is 7.31. The molecule has 0 aliphatic rings. The van der Waals surface area contributed by atoms with E-state index in [4.69, 9.17) is 15.0 Å². The van der Waals surface area contributed by atoms with E-state index in [0.29, 0.717) is 17.5 Å². The number of fused-ring (bicyclic) bond motifs is 9. The minimum absolute atomic E-state index is 0.625. The molecule has 0 bridgehead atoms. The molecule has 0 aliphatic carbocycles. The van der Waals surface area contributed by atoms with Crippen molar-refractivity contribution in [1.29, 1.82) is 0 Å². The van der Waals surface area contributed by atoms with E-state index in [1.807, 2.05) is 60.7 Å². The highest BCUT2D eigenvalue weighted by Gasteiger charge is 2.22. The Morgan fingerprint density at radius 3 is 1.23 bits per heavy atom. The molecule has 0 saturated heterocycles. The Kier molecular flexibility index (Phi) is 10.8. The number of para-hydroxylation sites is 5. The van der Waals surface area contributed by atoms with Gasteiger partial charge in [-0.3, -0.25) is 0 Å². The van der Waals surface area contributed by atoms with Crippen molar-refractivity contribution in [2.45, 2.75) is 0 Å². The standard InChI is InChI=1S/C75H48N6/c1-5-20-50(21-6-1)73-76-74(51-22-7-2-8-23-51)78-75(77-73)52-38-36-49(37-39-52)53-40-43-58(70(47-53)81-65-32-16-13-28-60(65)61-29-14-17-33-66(61)81)55-41-44-62-64-46-54(42-45-68(64)80(71(62)48-55)57-26-11-4-12-27-57)59-31-19-35-69-72(59)63-30-15-18-34-67(63)79(69)56-24-9-3-10-25-56/h1-48H. The Hall–Kier alpha value is -11.0. The lowest BCUT2D eigenvalue weighted by Crippen LogP contribution is -2.00. The first-order valence-corrected chi connectivity index (χ1v) is 27.5. The molecular weight excluding hydrogens is 985 g/mol. The summed E-state index contributed by atoms with van der Waals surface area (Å²) < 4.78 is 7.29. The smallest absolute Gasteiger partial charge is 0.164 e. The second-order valence-electron chi connectivity index (χ2n) is 20.7. The maximum Gasteiger partial charge on any atom is 0.164 e. The quantitative estimate of drug-likeness (QED) is 0.145. The van der Waals surface area contributed by atoms with Gasteiger partial charge in [-0.05, 0) is 101 Å². The molecule has 4 heterocycles. The average molecular weight is 1030 g/mol. The number of hydrogen-bond acceptors (Lipinski definition) is 3. The Morgan fingerprint density at radius 2 is 0.630 bits per heavy atom. The highest BCUT2D eigenvalue weighted by atomic mass is 15.0. The summed E-state index contributed by atoms with van der Waals surface area (Å²) in [4.78, 5) is 15.0. The summed E-state index contributed by atoms with van der Waals surface area (Å²) in [6, 6.07) is 105. The predicted molar refractivity (Wildman–Crippen MR) is 335 cm³/mol. The van der Waals surface area contributed by atoms with Crippen molar-refractivity contribution in [2.24, 2.45) is 0 Å². The largest absolute Gasteiger partial charge is 0.309 e. The normalized spacial score (nSPS) is 11.7. The molecule has 16 rings (SSSR count). The van der Waals surface area contributed by atoms with Gasteiger partial charge in [0, 0.05) is 65.9 Å². The van der Waals surface area contributed by atoms with Gasteiger partial charge in [0.05, 0.1) is 38.8 Å². The van der Waals surface area contributed by atoms with Crippen molar-refractivity contribution in [2.75, 3.05) is 0 Å². The summed E-state index contributed by atoms with van der Waals surface area (Å²) in [5.41, 5.74) is 20.0. The molecule has 6 heteroatoms. The van der Waals surface area contributed by atoms with Crippen molar-refractivity contribution >= 4 is 65.4 Å². The van der Waals surface area contributed by atoms with Crippen LogP contribution in [-0.4, -0.2) is 28.7 Å². The van der Waals surface area contributed by atoms with E-state index >= 15 is 0 Å². The van der Waals surface area contributed by atoms with Crippen LogP contribution in [0.2, 0.25) is 0 Å². The third-order valence-electron chi connectivity index (χ3n) is 16.1. The molecule has 0 amide bonds. The van der Waals surface area contributed by atoms with Crippen LogP contribution in [0.5, 0.6) is 0 Å². The lowest BCUT2D eigenvalue weighted by atomic mass is 9.96. The molecule has 6 nitrogen and oxygen atoms in total. The highest BCUT2D eigenvalue weighted by molar-refractivity contribution is 6.18. The van der Waals surface area contributed by atoms with Crippen LogP contribution in [0.3, 0.4) is 0 Å². The molecule has 4 aromatic heterocycles. The maximum atomic E-state index is 5.03. The summed E-state index contributed by atoms with van der Waals surface area (Å²) in [6.45, 7) is 0. The third kappa shape index (κ3) is 7.68. The molecule has 81 heavy (non-hydrogen) atoms. The molecule has 0 unspecified atom stereocenters. The molecule has 0 atom stereocenters. The van der Waals surface area contributed by atoms with Gasteiger partial charge in [-0.2, -0.15) is 0 Å². The van der Waals surface area contributed by atoms with Gasteiger partial charge < -0.3 is 13.7 Å². The first kappa shape index (κ1) is 46.2. The molecule has 0 radical (unpaired) electrons. The fourth-order valence-electron chi connectivity index (χ4n) is 12.4. The van der Waals surface area contributed by atoms with E-state index in [1.165, 1.54) is 54.5 Å². The molecule has 0 fully saturated rings. The molecular formula is C75H48N6. The van der Waals surface area contributed by atoms with Crippen molar-refractivity contribution in [3.8, 4) is 84.6 Å². The van der Waals surface area contributed by atoms with Gasteiger partial charge in [0.2, 0.25) is 0 Å². The summed E-state index contributed by atoms with van der Waals surface area (Å²) in [5.74, 6) is 1.90. The molecule has 0 saturated carbocycles. The molecule has 0 N–H and O–H groups in total. The topological polar surface area (TPSA) is 53.5 Å². The zero-order chi connectivity index (χ0) is 53.4. The van der Waals surface area contributed by atoms with Crippen LogP contribution in [0.1, 0.15) is 0 Å². The number of benzene rings is 12. The van der Waals surface area contributed by atoms with Crippen molar-refractivity contribution in [1.82, 2.24) is 28.7 Å². The fourth-order valence-corrected chi connectivity index (χ4v) is 12.4. The number of rotatable bonds is 9. The molecule has 16 aromatic rings. The van der Waals surface area contributed by atoms with Crippen molar-refractivity contribution < 1.29 is 0 Å². The number of hydrogen-bond donors (Lipinski definition) is 0. The van der Waals surface area contributed by atoms with Crippen LogP contribution in [0, 0.1) is 0 Å². The van der Waals surface area contributed by atoms with Crippen LogP contribution in [0.25, 0.3) is 150 Å². The second kappa shape index (κ2) is 18.9. The first-order valence-electron chi connectivity index (χ1n) is 27.5. The lowest BCUT2D eigenvalue weighted by molar-refractivity contribution is 1.07. The SMILES string of the molecule is c1ccc(-c2nc(-c3ccccc3)nc(-c3ccc(-c4ccc(-c5ccc6c7cc(-c8cccc9c8c8ccccc8n9-c8ccccc8)ccc7n(-c7ccccc7)c6c5)c(-n5c6ccccc6c6ccccc65)c4)cc3)n2)cc1. The maximum absolute atomic E-state index is 5.03. The molecule has 0 aliphatic heterocycles. The summed E-state index contributed by atoms with van der Waals surface area (Å²) in [7, 11) is 0. The monoisotopic (exact) mass is 1030 g/mol. The van der Waals surface area contributed by atoms with Gasteiger partial charge in [-0.1, -0.05) is 218 Å². The Balaban J connectivity index is 0.864. The Labute approximate surface area is 467 Å². The van der Waals surface area contributed by atoms with E-state index in [0.717, 1.165) is 78.1 Å². The van der Waals surface area contributed by atoms with E-state index in [9.17, 15) is 0 Å². The highest BCUT2D eigenvalue weighted by Crippen LogP contribution is 2.44. The van der Waals surface area contributed by atoms with Gasteiger partial charge in [0.15, 0.2) is 17.5 Å². The van der Waals surface area contributed by atoms with Crippen LogP contribution in [-0.2, 0) is 0 Å². The lowest BCUT2D eigenvalue weighted by Gasteiger charge is -2.17. The minimum atomic E-state index is 0.625. The van der Waals surface area contributed by atoms with Gasteiger partial charge >= 0.3 is 0 Å². The Bertz CT molecular complexity index is 4970. The Morgan fingerprint density at radius 1 is 0.210 bits per heavy atom. The number of nitrogens with zero attached hydrogens (tertiary/aromatic N) is 6. The van der Waals surface area contributed by atoms with Crippen LogP contribution < -0.4 is 0 Å². The van der Waals surface area contributed by atoms with Gasteiger partial charge in [0.1, 0.15) is 0 Å². The first-order chi connectivity index (χ1) is 40.2. The van der Waals surface area contributed by atoms with Crippen LogP contribution >= 0.6 is 0 Å². The van der Waals surface area contributed by atoms with Gasteiger partial charge in [-0.15, -0.1) is 0 Å². The average Bonchev–Trinajstić information content (AvgIpc) is 4.41. The van der Waals surface area contributed by atoms with E-state index in [-0.39, 0.29) is 0 Å². The van der Waals surface area contributed by atoms with Gasteiger partial charge in [0.25, 0.3) is 0 Å². The van der Waals surface area contributed by atoms with E-state index in [2.05, 4.69) is 244 Å². The zero-order valence-electron chi connectivity index (χ0n) is 43.9. The molecule has 378 valence electrons. The predicted octanol–water partition coefficient (Wildman–Crippen LogP) is 19.2. The minimum Gasteiger partial charge on any atom is -0.309 e. The second-order valence-corrected chi connectivity index (χ2v) is 20.7. The van der Waals surface area contributed by atoms with Crippen LogP contribution in [0.4, 0.5) is 0 Å². The summed E-state index contributed by atoms with van der Waals surface area (Å²) >= 11 is 0. The fraction of sp³-hybridized carbons (Fsp3) is 0. The number of aromatic nitrogens is 6. The molecule has 12 aromatic carbocycles. The van der Waals surface area contributed by atoms with E-state index in [1.54, 1.807) is 0 Å². The van der Waals surface area contributed by atoms with Crippen LogP contribution in [0.15, 0.2) is 291 Å². The van der Waals surface area contributed by atoms with Gasteiger partial charge in [-0.25, -0.2) is 15.0 Å². The van der Waals surface area contributed by atoms with Crippen molar-refractivity contribution in [3.05, 3.63) is 291 Å². The third-order valence-corrected chi connectivity index (χ3v) is 16.1. The summed E-state index contributed by atoms with van der Waals surface area (Å²) in [6.07, 6.45) is 0. The van der Waals surface area contributed by atoms with Crippen molar-refractivity contribution in [3.63, 3.8) is 0 Å². The van der Waals surface area contributed by atoms with E-state index < -0.39 is 0 Å². The zero-order valence-corrected chi connectivity index (χ0v) is 43.9. The molecule has 0 spiro atoms.